The first-order chi connectivity index (χ1) is 15.8. The van der Waals surface area contributed by atoms with Gasteiger partial charge in [-0.05, 0) is 44.1 Å². The molecule has 1 aromatic rings. The van der Waals surface area contributed by atoms with Gasteiger partial charge >= 0.3 is 17.9 Å². The molecular weight excluding hydrogens is 424 g/mol. The van der Waals surface area contributed by atoms with E-state index in [1.807, 2.05) is 0 Å². The molecule has 186 valence electrons. The summed E-state index contributed by atoms with van der Waals surface area (Å²) in [5, 5.41) is 34.4. The molecule has 1 rings (SSSR count). The van der Waals surface area contributed by atoms with Crippen molar-refractivity contribution in [2.45, 2.75) is 96.0 Å². The molecule has 7 heteroatoms. The molecule has 0 radical (unpaired) electrons. The largest absolute Gasteiger partial charge is 0.481 e. The van der Waals surface area contributed by atoms with Crippen molar-refractivity contribution in [3.05, 3.63) is 48.0 Å². The van der Waals surface area contributed by atoms with Crippen molar-refractivity contribution in [3.8, 4) is 0 Å². The number of aliphatic hydroxyl groups is 1. The Balaban J connectivity index is 0.000000771. The summed E-state index contributed by atoms with van der Waals surface area (Å²) in [6.45, 7) is 0. The zero-order valence-electron chi connectivity index (χ0n) is 19.5. The van der Waals surface area contributed by atoms with Crippen LogP contribution in [-0.2, 0) is 14.4 Å². The van der Waals surface area contributed by atoms with Gasteiger partial charge in [-0.25, -0.2) is 4.79 Å². The van der Waals surface area contributed by atoms with E-state index < -0.39 is 24.0 Å². The maximum absolute atomic E-state index is 10.3. The van der Waals surface area contributed by atoms with Gasteiger partial charge in [-0.2, -0.15) is 0 Å². The molecule has 0 aliphatic heterocycles. The normalized spacial score (nSPS) is 11.5. The van der Waals surface area contributed by atoms with E-state index in [9.17, 15) is 14.4 Å². The Morgan fingerprint density at radius 2 is 1.03 bits per heavy atom. The molecule has 1 aromatic carbocycles. The van der Waals surface area contributed by atoms with Crippen LogP contribution in [0.5, 0.6) is 0 Å². The lowest BCUT2D eigenvalue weighted by atomic mass is 10.1. The van der Waals surface area contributed by atoms with E-state index >= 15 is 0 Å². The zero-order valence-corrected chi connectivity index (χ0v) is 19.5. The van der Waals surface area contributed by atoms with Crippen molar-refractivity contribution in [2.75, 3.05) is 0 Å². The number of carboxylic acid groups (broad SMARTS) is 3. The van der Waals surface area contributed by atoms with Gasteiger partial charge in [-0.15, -0.1) is 0 Å². The molecule has 0 saturated carbocycles. The van der Waals surface area contributed by atoms with Gasteiger partial charge in [0, 0.05) is 12.8 Å². The van der Waals surface area contributed by atoms with E-state index in [0.29, 0.717) is 18.4 Å². The van der Waals surface area contributed by atoms with Crippen molar-refractivity contribution >= 4 is 17.9 Å². The molecule has 0 fully saturated rings. The number of allylic oxidation sites excluding steroid dienone is 2. The van der Waals surface area contributed by atoms with E-state index in [4.69, 9.17) is 20.4 Å². The third-order valence-corrected chi connectivity index (χ3v) is 5.04. The highest BCUT2D eigenvalue weighted by atomic mass is 16.4. The van der Waals surface area contributed by atoms with Crippen LogP contribution in [0.2, 0.25) is 0 Å². The van der Waals surface area contributed by atoms with Gasteiger partial charge in [0.1, 0.15) is 0 Å². The number of benzene rings is 1. The maximum Gasteiger partial charge on any atom is 0.337 e. The van der Waals surface area contributed by atoms with Crippen LogP contribution in [0.3, 0.4) is 0 Å². The number of hydrogen-bond acceptors (Lipinski definition) is 4. The van der Waals surface area contributed by atoms with Crippen LogP contribution in [0.25, 0.3) is 0 Å². The van der Waals surface area contributed by atoms with Crippen LogP contribution < -0.4 is 0 Å². The average molecular weight is 465 g/mol. The number of carbonyl (C=O) groups is 3. The fraction of sp³-hybridized carbons (Fsp3) is 0.577. The second-order valence-electron chi connectivity index (χ2n) is 8.02. The molecule has 4 N–H and O–H groups in total. The summed E-state index contributed by atoms with van der Waals surface area (Å²) in [6.07, 6.45) is 16.6. The highest BCUT2D eigenvalue weighted by Crippen LogP contribution is 2.11. The second kappa shape index (κ2) is 21.2. The molecule has 0 bridgehead atoms. The molecule has 0 aliphatic carbocycles. The topological polar surface area (TPSA) is 132 Å². The number of unbranched alkanes of at least 4 members (excludes halogenated alkanes) is 10. The lowest BCUT2D eigenvalue weighted by Crippen LogP contribution is -2.09. The minimum absolute atomic E-state index is 0.302. The lowest BCUT2D eigenvalue weighted by molar-refractivity contribution is -0.147. The molecule has 0 amide bonds. The standard InChI is InChI=1S/C18H32O4.C8H8O3/c19-17(20)15-13-11-9-7-5-3-1-2-4-6-8-10-12-14-16-18(21)22;9-7(8(10)11)6-4-2-1-3-5-6/h1-2H,3-16H2,(H,19,20)(H,21,22);1-5,7,9H,(H,10,11). The van der Waals surface area contributed by atoms with Crippen molar-refractivity contribution in [1.82, 2.24) is 0 Å². The maximum atomic E-state index is 10.3. The zero-order chi connectivity index (χ0) is 24.7. The van der Waals surface area contributed by atoms with Crippen LogP contribution in [0.4, 0.5) is 0 Å². The molecule has 0 aliphatic rings. The minimum Gasteiger partial charge on any atom is -0.481 e. The van der Waals surface area contributed by atoms with Crippen molar-refractivity contribution < 1.29 is 34.8 Å². The summed E-state index contributed by atoms with van der Waals surface area (Å²) in [4.78, 5) is 30.9. The third-order valence-electron chi connectivity index (χ3n) is 5.04. The van der Waals surface area contributed by atoms with Gasteiger partial charge in [0.2, 0.25) is 0 Å². The summed E-state index contributed by atoms with van der Waals surface area (Å²) in [5.74, 6) is -2.61. The van der Waals surface area contributed by atoms with Crippen LogP contribution in [0.15, 0.2) is 42.5 Å². The Hall–Kier alpha value is -2.67. The van der Waals surface area contributed by atoms with Crippen LogP contribution >= 0.6 is 0 Å². The predicted octanol–water partition coefficient (Wildman–Crippen LogP) is 5.98. The van der Waals surface area contributed by atoms with Crippen LogP contribution in [-0.4, -0.2) is 38.3 Å². The predicted molar refractivity (Wildman–Crippen MR) is 128 cm³/mol. The van der Waals surface area contributed by atoms with Gasteiger partial charge < -0.3 is 20.4 Å². The second-order valence-corrected chi connectivity index (χ2v) is 8.02. The lowest BCUT2D eigenvalue weighted by Gasteiger charge is -2.03. The van der Waals surface area contributed by atoms with Gasteiger partial charge in [0.25, 0.3) is 0 Å². The van der Waals surface area contributed by atoms with Gasteiger partial charge in [0.05, 0.1) is 0 Å². The first-order valence-corrected chi connectivity index (χ1v) is 11.9. The van der Waals surface area contributed by atoms with Crippen LogP contribution in [0.1, 0.15) is 102 Å². The van der Waals surface area contributed by atoms with Crippen LogP contribution in [0, 0.1) is 0 Å². The summed E-state index contributed by atoms with van der Waals surface area (Å²) in [7, 11) is 0. The first kappa shape index (κ1) is 30.3. The van der Waals surface area contributed by atoms with Gasteiger partial charge in [0.15, 0.2) is 6.10 Å². The Morgan fingerprint density at radius 1 is 0.636 bits per heavy atom. The van der Waals surface area contributed by atoms with E-state index in [2.05, 4.69) is 12.2 Å². The van der Waals surface area contributed by atoms with Crippen molar-refractivity contribution in [2.24, 2.45) is 0 Å². The molecule has 0 heterocycles. The Morgan fingerprint density at radius 3 is 1.42 bits per heavy atom. The fourth-order valence-corrected chi connectivity index (χ4v) is 3.15. The number of aliphatic hydroxyl groups excluding tert-OH is 1. The molecule has 1 unspecified atom stereocenters. The molecule has 7 nitrogen and oxygen atoms in total. The number of aliphatic carboxylic acids is 3. The quantitative estimate of drug-likeness (QED) is 0.155. The summed E-state index contributed by atoms with van der Waals surface area (Å²) < 4.78 is 0. The SMILES string of the molecule is O=C(O)C(O)c1ccccc1.O=C(O)CCCCCCCC=CCCCCCCCC(=O)O. The first-order valence-electron chi connectivity index (χ1n) is 11.9. The Labute approximate surface area is 197 Å². The monoisotopic (exact) mass is 464 g/mol. The van der Waals surface area contributed by atoms with Crippen molar-refractivity contribution in [3.63, 3.8) is 0 Å². The number of carboxylic acids is 3. The Bertz CT molecular complexity index is 640. The Kier molecular flexibility index (Phi) is 19.5. The van der Waals surface area contributed by atoms with E-state index in [1.54, 1.807) is 30.3 Å². The number of rotatable bonds is 18. The summed E-state index contributed by atoms with van der Waals surface area (Å²) in [6, 6.07) is 8.26. The highest BCUT2D eigenvalue weighted by molar-refractivity contribution is 5.73. The molecular formula is C26H40O7. The average Bonchev–Trinajstić information content (AvgIpc) is 2.78. The van der Waals surface area contributed by atoms with Gasteiger partial charge in [-0.1, -0.05) is 81.0 Å². The van der Waals surface area contributed by atoms with Gasteiger partial charge in [-0.3, -0.25) is 9.59 Å². The highest BCUT2D eigenvalue weighted by Gasteiger charge is 2.14. The van der Waals surface area contributed by atoms with E-state index in [1.165, 1.54) is 25.7 Å². The van der Waals surface area contributed by atoms with E-state index in [-0.39, 0.29) is 0 Å². The smallest absolute Gasteiger partial charge is 0.337 e. The molecule has 33 heavy (non-hydrogen) atoms. The molecule has 0 spiro atoms. The van der Waals surface area contributed by atoms with Crippen molar-refractivity contribution in [1.29, 1.82) is 0 Å². The summed E-state index contributed by atoms with van der Waals surface area (Å²) in [5.41, 5.74) is 0.403. The molecule has 0 aromatic heterocycles. The third kappa shape index (κ3) is 21.0. The fourth-order valence-electron chi connectivity index (χ4n) is 3.15. The summed E-state index contributed by atoms with van der Waals surface area (Å²) >= 11 is 0. The molecule has 1 atom stereocenters. The number of hydrogen-bond donors (Lipinski definition) is 4. The minimum atomic E-state index is -1.41. The molecule has 0 saturated heterocycles. The van der Waals surface area contributed by atoms with E-state index in [0.717, 1.165) is 51.4 Å².